The van der Waals surface area contributed by atoms with Crippen LogP contribution in [-0.2, 0) is 4.74 Å². The van der Waals surface area contributed by atoms with Crippen molar-refractivity contribution in [2.45, 2.75) is 71.3 Å². The Labute approximate surface area is 141 Å². The van der Waals surface area contributed by atoms with Gasteiger partial charge < -0.3 is 4.74 Å². The lowest BCUT2D eigenvalue weighted by Gasteiger charge is -2.42. The standard InChI is InChI=1S/C16H26F3N3O2/c1-11(2)10-22(20-6)12-7-8-21(13(9-12)16(17,18)19)14(23)24-15(3,4)5/h10,12-13H,6-9H2,1-5H3. The van der Waals surface area contributed by atoms with Crippen LogP contribution in [0.5, 0.6) is 0 Å². The predicted molar refractivity (Wildman–Crippen MR) is 86.6 cm³/mol. The number of likely N-dealkylation sites (tertiary alicyclic amines) is 1. The molecule has 1 amide bonds. The van der Waals surface area contributed by atoms with Crippen LogP contribution in [0.4, 0.5) is 18.0 Å². The highest BCUT2D eigenvalue weighted by atomic mass is 19.4. The molecule has 1 saturated heterocycles. The molecule has 24 heavy (non-hydrogen) atoms. The number of carbonyl (C=O) groups excluding carboxylic acids is 1. The third kappa shape index (κ3) is 5.72. The van der Waals surface area contributed by atoms with E-state index in [1.54, 1.807) is 27.0 Å². The van der Waals surface area contributed by atoms with Crippen molar-refractivity contribution in [1.29, 1.82) is 0 Å². The van der Waals surface area contributed by atoms with Gasteiger partial charge in [-0.25, -0.2) is 4.79 Å². The number of alkyl halides is 3. The molecule has 1 fully saturated rings. The SMILES string of the molecule is C=NN(C=C(C)C)C1CCN(C(=O)OC(C)(C)C)C(C(F)(F)F)C1. The van der Waals surface area contributed by atoms with Crippen LogP contribution in [0.1, 0.15) is 47.5 Å². The highest BCUT2D eigenvalue weighted by molar-refractivity contribution is 5.69. The van der Waals surface area contributed by atoms with Crippen molar-refractivity contribution < 1.29 is 22.7 Å². The van der Waals surface area contributed by atoms with Gasteiger partial charge in [0.15, 0.2) is 0 Å². The number of allylic oxidation sites excluding steroid dienone is 1. The molecule has 5 nitrogen and oxygen atoms in total. The first kappa shape index (κ1) is 20.3. The second-order valence-electron chi connectivity index (χ2n) is 7.14. The summed E-state index contributed by atoms with van der Waals surface area (Å²) in [5.41, 5.74) is 0.0569. The summed E-state index contributed by atoms with van der Waals surface area (Å²) >= 11 is 0. The van der Waals surface area contributed by atoms with Crippen LogP contribution in [0, 0.1) is 0 Å². The molecule has 0 spiro atoms. The Bertz CT molecular complexity index is 494. The quantitative estimate of drug-likeness (QED) is 0.568. The Morgan fingerprint density at radius 1 is 1.33 bits per heavy atom. The van der Waals surface area contributed by atoms with Crippen LogP contribution in [0.15, 0.2) is 16.9 Å². The van der Waals surface area contributed by atoms with E-state index < -0.39 is 30.0 Å². The fourth-order valence-corrected chi connectivity index (χ4v) is 2.56. The van der Waals surface area contributed by atoms with Crippen LogP contribution >= 0.6 is 0 Å². The Morgan fingerprint density at radius 2 is 1.92 bits per heavy atom. The van der Waals surface area contributed by atoms with E-state index >= 15 is 0 Å². The summed E-state index contributed by atoms with van der Waals surface area (Å²) in [6.45, 7) is 11.9. The minimum atomic E-state index is -4.53. The number of rotatable bonds is 3. The van der Waals surface area contributed by atoms with Crippen LogP contribution in [0.2, 0.25) is 0 Å². The lowest BCUT2D eigenvalue weighted by atomic mass is 9.96. The zero-order valence-electron chi connectivity index (χ0n) is 14.9. The third-order valence-corrected chi connectivity index (χ3v) is 3.51. The molecule has 0 aliphatic carbocycles. The maximum absolute atomic E-state index is 13.5. The molecule has 2 atom stereocenters. The number of halogens is 3. The Hall–Kier alpha value is -1.73. The number of hydrogen-bond donors (Lipinski definition) is 0. The molecule has 0 aromatic heterocycles. The molecule has 1 heterocycles. The summed E-state index contributed by atoms with van der Waals surface area (Å²) in [5.74, 6) is 0. The summed E-state index contributed by atoms with van der Waals surface area (Å²) in [6, 6.07) is -2.37. The molecule has 0 saturated carbocycles. The van der Waals surface area contributed by atoms with Gasteiger partial charge in [0.05, 0.1) is 6.04 Å². The number of piperidine rings is 1. The lowest BCUT2D eigenvalue weighted by molar-refractivity contribution is -0.192. The summed E-state index contributed by atoms with van der Waals surface area (Å²) in [7, 11) is 0. The molecule has 0 bridgehead atoms. The fraction of sp³-hybridized carbons (Fsp3) is 0.750. The minimum Gasteiger partial charge on any atom is -0.444 e. The van der Waals surface area contributed by atoms with Gasteiger partial charge in [-0.2, -0.15) is 18.3 Å². The molecule has 0 N–H and O–H groups in total. The van der Waals surface area contributed by atoms with Gasteiger partial charge in [0.2, 0.25) is 0 Å². The molecular formula is C16H26F3N3O2. The smallest absolute Gasteiger partial charge is 0.410 e. The first-order valence-electron chi connectivity index (χ1n) is 7.81. The Morgan fingerprint density at radius 3 is 2.33 bits per heavy atom. The maximum atomic E-state index is 13.5. The van der Waals surface area contributed by atoms with Gasteiger partial charge in [0.1, 0.15) is 11.6 Å². The van der Waals surface area contributed by atoms with Gasteiger partial charge in [0.25, 0.3) is 0 Å². The molecule has 8 heteroatoms. The second-order valence-corrected chi connectivity index (χ2v) is 7.14. The molecule has 0 aromatic carbocycles. The predicted octanol–water partition coefficient (Wildman–Crippen LogP) is 4.16. The van der Waals surface area contributed by atoms with Gasteiger partial charge in [-0.15, -0.1) is 0 Å². The Balaban J connectivity index is 2.99. The maximum Gasteiger partial charge on any atom is 0.410 e. The lowest BCUT2D eigenvalue weighted by Crippen LogP contribution is -2.57. The number of ether oxygens (including phenoxy) is 1. The van der Waals surface area contributed by atoms with Crippen molar-refractivity contribution in [3.8, 4) is 0 Å². The molecule has 1 rings (SSSR count). The highest BCUT2D eigenvalue weighted by Crippen LogP contribution is 2.34. The van der Waals surface area contributed by atoms with Crippen molar-refractivity contribution in [3.05, 3.63) is 11.8 Å². The monoisotopic (exact) mass is 349 g/mol. The first-order chi connectivity index (χ1) is 10.8. The molecule has 1 aliphatic rings. The van der Waals surface area contributed by atoms with E-state index in [1.807, 2.05) is 13.8 Å². The molecule has 1 aliphatic heterocycles. The largest absolute Gasteiger partial charge is 0.444 e. The van der Waals surface area contributed by atoms with E-state index in [0.717, 1.165) is 10.5 Å². The van der Waals surface area contributed by atoms with Gasteiger partial charge in [-0.3, -0.25) is 9.91 Å². The molecule has 0 radical (unpaired) electrons. The average Bonchev–Trinajstić information content (AvgIpc) is 2.41. The summed E-state index contributed by atoms with van der Waals surface area (Å²) < 4.78 is 45.5. The summed E-state index contributed by atoms with van der Waals surface area (Å²) in [4.78, 5) is 12.9. The molecule has 2 unspecified atom stereocenters. The Kier molecular flexibility index (Phi) is 6.30. The van der Waals surface area contributed by atoms with Gasteiger partial charge in [0, 0.05) is 19.5 Å². The van der Waals surface area contributed by atoms with Crippen LogP contribution in [0.3, 0.4) is 0 Å². The van der Waals surface area contributed by atoms with Crippen molar-refractivity contribution in [2.75, 3.05) is 6.54 Å². The summed E-state index contributed by atoms with van der Waals surface area (Å²) in [6.07, 6.45) is -3.73. The molecule has 0 aromatic rings. The molecule has 138 valence electrons. The van der Waals surface area contributed by atoms with E-state index in [0.29, 0.717) is 6.42 Å². The number of nitrogens with zero attached hydrogens (tertiary/aromatic N) is 3. The van der Waals surface area contributed by atoms with Crippen LogP contribution in [0.25, 0.3) is 0 Å². The number of amides is 1. The zero-order chi connectivity index (χ0) is 18.7. The number of hydrazone groups is 1. The van der Waals surface area contributed by atoms with Crippen LogP contribution < -0.4 is 0 Å². The van der Waals surface area contributed by atoms with E-state index in [4.69, 9.17) is 4.74 Å². The third-order valence-electron chi connectivity index (χ3n) is 3.51. The highest BCUT2D eigenvalue weighted by Gasteiger charge is 2.50. The number of carbonyl (C=O) groups is 1. The van der Waals surface area contributed by atoms with Crippen molar-refractivity contribution in [3.63, 3.8) is 0 Å². The van der Waals surface area contributed by atoms with E-state index in [9.17, 15) is 18.0 Å². The van der Waals surface area contributed by atoms with Crippen molar-refractivity contribution >= 4 is 12.8 Å². The van der Waals surface area contributed by atoms with Gasteiger partial charge in [-0.1, -0.05) is 5.57 Å². The van der Waals surface area contributed by atoms with Gasteiger partial charge in [-0.05, 0) is 47.5 Å². The topological polar surface area (TPSA) is 45.1 Å². The van der Waals surface area contributed by atoms with Crippen molar-refractivity contribution in [2.24, 2.45) is 5.10 Å². The number of hydrogen-bond acceptors (Lipinski definition) is 4. The van der Waals surface area contributed by atoms with E-state index in [2.05, 4.69) is 11.8 Å². The van der Waals surface area contributed by atoms with Crippen molar-refractivity contribution in [1.82, 2.24) is 9.91 Å². The van der Waals surface area contributed by atoms with E-state index in [-0.39, 0.29) is 13.0 Å². The average molecular weight is 349 g/mol. The minimum absolute atomic E-state index is 0.0492. The zero-order valence-corrected chi connectivity index (χ0v) is 14.9. The van der Waals surface area contributed by atoms with Gasteiger partial charge >= 0.3 is 12.3 Å². The summed E-state index contributed by atoms with van der Waals surface area (Å²) in [5, 5.41) is 5.25. The van der Waals surface area contributed by atoms with E-state index in [1.165, 1.54) is 5.01 Å². The van der Waals surface area contributed by atoms with Crippen LogP contribution in [-0.4, -0.2) is 53.1 Å². The normalized spacial score (nSPS) is 21.9. The fourth-order valence-electron chi connectivity index (χ4n) is 2.56. The first-order valence-corrected chi connectivity index (χ1v) is 7.81. The second kappa shape index (κ2) is 7.44. The molecular weight excluding hydrogens is 323 g/mol.